The number of rotatable bonds is 4. The highest BCUT2D eigenvalue weighted by Gasteiger charge is 2.37. The van der Waals surface area contributed by atoms with Crippen LogP contribution in [-0.4, -0.2) is 0 Å². The van der Waals surface area contributed by atoms with Crippen LogP contribution in [0.3, 0.4) is 0 Å². The Morgan fingerprint density at radius 3 is 1.52 bits per heavy atom. The zero-order valence-electron chi connectivity index (χ0n) is 18.3. The molecule has 0 heterocycles. The Bertz CT molecular complexity index is 1040. The average Bonchev–Trinajstić information content (AvgIpc) is 2.80. The number of nitriles is 2. The molecule has 31 heavy (non-hydrogen) atoms. The van der Waals surface area contributed by atoms with E-state index < -0.39 is 10.8 Å². The van der Waals surface area contributed by atoms with Gasteiger partial charge in [0.15, 0.2) is 0 Å². The van der Waals surface area contributed by atoms with E-state index in [9.17, 15) is 10.5 Å². The first-order chi connectivity index (χ1) is 15.0. The molecule has 3 nitrogen and oxygen atoms in total. The van der Waals surface area contributed by atoms with Gasteiger partial charge in [0.1, 0.15) is 0 Å². The third-order valence-electron chi connectivity index (χ3n) is 6.78. The fraction of sp³-hybridized carbons (Fsp3) is 0.357. The summed E-state index contributed by atoms with van der Waals surface area (Å²) < 4.78 is 6.23. The lowest BCUT2D eigenvalue weighted by Gasteiger charge is -2.33. The van der Waals surface area contributed by atoms with Gasteiger partial charge in [0.05, 0.1) is 34.5 Å². The summed E-state index contributed by atoms with van der Waals surface area (Å²) in [7, 11) is 0. The van der Waals surface area contributed by atoms with Crippen LogP contribution in [0.1, 0.15) is 60.8 Å². The molecular weight excluding hydrogens is 380 g/mol. The van der Waals surface area contributed by atoms with Crippen LogP contribution in [0, 0.1) is 36.5 Å². The van der Waals surface area contributed by atoms with Crippen molar-refractivity contribution in [3.05, 3.63) is 94.5 Å². The summed E-state index contributed by atoms with van der Waals surface area (Å²) in [6.07, 6.45) is 8.53. The van der Waals surface area contributed by atoms with Gasteiger partial charge >= 0.3 is 0 Å². The van der Waals surface area contributed by atoms with Crippen LogP contribution < -0.4 is 0 Å². The smallest absolute Gasteiger partial charge is 0.0997 e. The predicted octanol–water partition coefficient (Wildman–Crippen LogP) is 6.68. The Hall–Kier alpha value is -3.30. The van der Waals surface area contributed by atoms with Gasteiger partial charge in [-0.3, -0.25) is 0 Å². The molecule has 0 saturated carbocycles. The minimum atomic E-state index is -0.471. The van der Waals surface area contributed by atoms with Crippen molar-refractivity contribution in [2.45, 2.75) is 63.2 Å². The molecule has 0 aliphatic heterocycles. The fourth-order valence-electron chi connectivity index (χ4n) is 4.75. The van der Waals surface area contributed by atoms with E-state index in [1.807, 2.05) is 12.1 Å². The molecular formula is C28H28N2O. The molecule has 2 aliphatic carbocycles. The quantitative estimate of drug-likeness (QED) is 0.567. The zero-order valence-corrected chi connectivity index (χ0v) is 18.3. The second-order valence-corrected chi connectivity index (χ2v) is 8.98. The van der Waals surface area contributed by atoms with Crippen LogP contribution in [-0.2, 0) is 15.6 Å². The van der Waals surface area contributed by atoms with Crippen LogP contribution >= 0.6 is 0 Å². The molecule has 0 radical (unpaired) electrons. The van der Waals surface area contributed by atoms with E-state index in [0.29, 0.717) is 12.8 Å². The number of hydrogen-bond acceptors (Lipinski definition) is 3. The van der Waals surface area contributed by atoms with Crippen LogP contribution in [0.15, 0.2) is 72.2 Å². The highest BCUT2D eigenvalue weighted by atomic mass is 16.5. The third kappa shape index (κ3) is 4.14. The third-order valence-corrected chi connectivity index (χ3v) is 6.78. The molecule has 0 spiro atoms. The van der Waals surface area contributed by atoms with Gasteiger partial charge in [-0.25, -0.2) is 0 Å². The van der Waals surface area contributed by atoms with Crippen molar-refractivity contribution in [2.24, 2.45) is 0 Å². The van der Waals surface area contributed by atoms with E-state index in [1.165, 1.54) is 11.1 Å². The summed E-state index contributed by atoms with van der Waals surface area (Å²) in [4.78, 5) is 0. The van der Waals surface area contributed by atoms with Crippen molar-refractivity contribution >= 4 is 0 Å². The summed E-state index contributed by atoms with van der Waals surface area (Å²) >= 11 is 0. The molecule has 2 aromatic carbocycles. The molecule has 0 aromatic heterocycles. The highest BCUT2D eigenvalue weighted by molar-refractivity contribution is 5.39. The first-order valence-electron chi connectivity index (χ1n) is 11.0. The highest BCUT2D eigenvalue weighted by Crippen LogP contribution is 2.42. The standard InChI is InChI=1S/C28H28N2O/c1-21-5-3-7-23(17-21)27(19-29)13-9-25(10-14-27)31-26-11-15-28(20-30,16-12-26)24-8-4-6-22(2)18-24/h3-9,11,17-18H,10,12-16H2,1-2H3. The number of nitrogens with zero attached hydrogens (tertiary/aromatic N) is 2. The number of hydrogen-bond donors (Lipinski definition) is 0. The molecule has 4 rings (SSSR count). The number of aryl methyl sites for hydroxylation is 2. The van der Waals surface area contributed by atoms with Gasteiger partial charge in [-0.1, -0.05) is 59.7 Å². The van der Waals surface area contributed by atoms with Gasteiger partial charge in [-0.05, 0) is 62.8 Å². The number of allylic oxidation sites excluding steroid dienone is 4. The second-order valence-electron chi connectivity index (χ2n) is 8.98. The summed E-state index contributed by atoms with van der Waals surface area (Å²) in [6.45, 7) is 4.13. The lowest BCUT2D eigenvalue weighted by Crippen LogP contribution is -2.28. The molecule has 0 N–H and O–H groups in total. The molecule has 0 saturated heterocycles. The Labute approximate surface area is 185 Å². The first-order valence-corrected chi connectivity index (χ1v) is 11.0. The predicted molar refractivity (Wildman–Crippen MR) is 122 cm³/mol. The van der Waals surface area contributed by atoms with E-state index >= 15 is 0 Å². The molecule has 156 valence electrons. The van der Waals surface area contributed by atoms with Gasteiger partial charge in [-0.2, -0.15) is 10.5 Å². The molecule has 2 aliphatic rings. The van der Waals surface area contributed by atoms with Crippen molar-refractivity contribution in [3.63, 3.8) is 0 Å². The van der Waals surface area contributed by atoms with Gasteiger partial charge in [0.2, 0.25) is 0 Å². The van der Waals surface area contributed by atoms with Crippen LogP contribution in [0.2, 0.25) is 0 Å². The number of ether oxygens (including phenoxy) is 1. The van der Waals surface area contributed by atoms with Crippen molar-refractivity contribution in [3.8, 4) is 12.1 Å². The van der Waals surface area contributed by atoms with E-state index in [4.69, 9.17) is 4.74 Å². The molecule has 0 bridgehead atoms. The minimum absolute atomic E-state index is 0.471. The molecule has 2 aromatic rings. The first kappa shape index (κ1) is 21.0. The maximum atomic E-state index is 9.94. The topological polar surface area (TPSA) is 56.8 Å². The maximum absolute atomic E-state index is 9.94. The van der Waals surface area contributed by atoms with Gasteiger partial charge in [0.25, 0.3) is 0 Å². The van der Waals surface area contributed by atoms with Crippen molar-refractivity contribution in [2.75, 3.05) is 0 Å². The summed E-state index contributed by atoms with van der Waals surface area (Å²) in [6, 6.07) is 21.7. The average molecular weight is 409 g/mol. The van der Waals surface area contributed by atoms with E-state index in [2.05, 4.69) is 74.5 Å². The lowest BCUT2D eigenvalue weighted by atomic mass is 9.72. The molecule has 2 atom stereocenters. The van der Waals surface area contributed by atoms with Gasteiger partial charge in [0, 0.05) is 12.8 Å². The van der Waals surface area contributed by atoms with Crippen molar-refractivity contribution in [1.29, 1.82) is 10.5 Å². The molecule has 0 amide bonds. The zero-order chi connectivity index (χ0) is 21.9. The molecule has 2 unspecified atom stereocenters. The lowest BCUT2D eigenvalue weighted by molar-refractivity contribution is 0.237. The second kappa shape index (κ2) is 8.44. The number of benzene rings is 2. The Morgan fingerprint density at radius 2 is 1.19 bits per heavy atom. The molecule has 0 fully saturated rings. The van der Waals surface area contributed by atoms with Gasteiger partial charge < -0.3 is 4.74 Å². The monoisotopic (exact) mass is 408 g/mol. The normalized spacial score (nSPS) is 25.5. The summed E-state index contributed by atoms with van der Waals surface area (Å²) in [5, 5.41) is 19.9. The van der Waals surface area contributed by atoms with Gasteiger partial charge in [-0.15, -0.1) is 0 Å². The van der Waals surface area contributed by atoms with E-state index in [0.717, 1.165) is 48.3 Å². The fourth-order valence-corrected chi connectivity index (χ4v) is 4.75. The van der Waals surface area contributed by atoms with Crippen molar-refractivity contribution < 1.29 is 4.74 Å². The van der Waals surface area contributed by atoms with Crippen LogP contribution in [0.5, 0.6) is 0 Å². The van der Waals surface area contributed by atoms with E-state index in [-0.39, 0.29) is 0 Å². The maximum Gasteiger partial charge on any atom is 0.0997 e. The minimum Gasteiger partial charge on any atom is -0.467 e. The Balaban J connectivity index is 1.47. The largest absolute Gasteiger partial charge is 0.467 e. The van der Waals surface area contributed by atoms with Crippen molar-refractivity contribution in [1.82, 2.24) is 0 Å². The summed E-state index contributed by atoms with van der Waals surface area (Å²) in [5.41, 5.74) is 3.61. The summed E-state index contributed by atoms with van der Waals surface area (Å²) in [5.74, 6) is 1.90. The SMILES string of the molecule is Cc1cccc(C2(C#N)CC=C(OC3=CCC(C#N)(c4cccc(C)c4)CC3)CC2)c1. The van der Waals surface area contributed by atoms with E-state index in [1.54, 1.807) is 0 Å². The van der Waals surface area contributed by atoms with Crippen LogP contribution in [0.25, 0.3) is 0 Å². The molecule has 3 heteroatoms. The Morgan fingerprint density at radius 1 is 0.742 bits per heavy atom. The Kier molecular flexibility index (Phi) is 5.71. The van der Waals surface area contributed by atoms with Crippen LogP contribution in [0.4, 0.5) is 0 Å².